The Morgan fingerprint density at radius 1 is 0.241 bits per heavy atom. The van der Waals surface area contributed by atoms with E-state index in [1.54, 1.807) is 0 Å². The first-order valence-corrected chi connectivity index (χ1v) is 36.4. The predicted octanol–water partition coefficient (Wildman–Crippen LogP) is 25.2. The van der Waals surface area contributed by atoms with Gasteiger partial charge in [0.2, 0.25) is 0 Å². The number of hydrogen-bond donors (Lipinski definition) is 0. The van der Waals surface area contributed by atoms with Crippen LogP contribution in [0, 0.1) is 0 Å². The molecule has 482 valence electrons. The fourth-order valence-electron chi connectivity index (χ4n) is 10.7. The van der Waals surface area contributed by atoms with Crippen LogP contribution in [0.25, 0.3) is 0 Å². The number of hydrogen-bond acceptors (Lipinski definition) is 6. The van der Waals surface area contributed by atoms with E-state index in [0.717, 1.165) is 83.5 Å². The zero-order chi connectivity index (χ0) is 59.9. The van der Waals surface area contributed by atoms with E-state index in [1.807, 2.05) is 0 Å². The molecule has 0 aliphatic rings. The van der Waals surface area contributed by atoms with Gasteiger partial charge in [-0.1, -0.05) is 318 Å². The molecular weight excluding hydrogens is 1020 g/mol. The van der Waals surface area contributed by atoms with Crippen LogP contribution in [0.4, 0.5) is 0 Å². The molecule has 0 aromatic rings. The van der Waals surface area contributed by atoms with Gasteiger partial charge in [-0.25, -0.2) is 0 Å². The Hall–Kier alpha value is -3.15. The van der Waals surface area contributed by atoms with E-state index in [0.29, 0.717) is 19.3 Å². The lowest BCUT2D eigenvalue weighted by molar-refractivity contribution is -0.167. The highest BCUT2D eigenvalue weighted by molar-refractivity contribution is 5.71. The van der Waals surface area contributed by atoms with Crippen LogP contribution in [0.5, 0.6) is 0 Å². The molecule has 0 fully saturated rings. The fourth-order valence-corrected chi connectivity index (χ4v) is 10.7. The Bertz CT molecular complexity index is 1520. The Labute approximate surface area is 516 Å². The number of carbonyl (C=O) groups is 3. The summed E-state index contributed by atoms with van der Waals surface area (Å²) in [7, 11) is 0. The molecule has 0 bridgehead atoms. The fraction of sp³-hybridized carbons (Fsp3) is 0.805. The molecule has 6 nitrogen and oxygen atoms in total. The standard InChI is InChI=1S/C77H138O6/c1-4-7-10-13-16-19-22-25-27-29-31-33-35-36-37-38-39-40-42-43-45-47-49-52-55-58-61-64-67-70-76(79)82-73-74(72-81-75(78)69-66-63-60-57-54-51-24-21-18-15-12-9-6-3)83-77(80)71-68-65-62-59-56-53-50-48-46-44-41-34-32-30-28-26-23-20-17-14-11-8-5-2/h21-26,29-32,35-36,74H,4-20,27-28,33-34,37-73H2,1-3H3/b24-21-,25-22-,26-23-,31-29-,32-30-,36-35-. The van der Waals surface area contributed by atoms with Crippen LogP contribution in [0.1, 0.15) is 380 Å². The van der Waals surface area contributed by atoms with Crippen molar-refractivity contribution in [3.63, 3.8) is 0 Å². The van der Waals surface area contributed by atoms with Crippen molar-refractivity contribution in [3.05, 3.63) is 72.9 Å². The lowest BCUT2D eigenvalue weighted by atomic mass is 10.0. The van der Waals surface area contributed by atoms with Crippen molar-refractivity contribution >= 4 is 17.9 Å². The minimum Gasteiger partial charge on any atom is -0.462 e. The highest BCUT2D eigenvalue weighted by atomic mass is 16.6. The van der Waals surface area contributed by atoms with Gasteiger partial charge in [-0.05, 0) is 116 Å². The lowest BCUT2D eigenvalue weighted by Crippen LogP contribution is -2.30. The Morgan fingerprint density at radius 2 is 0.434 bits per heavy atom. The van der Waals surface area contributed by atoms with Gasteiger partial charge >= 0.3 is 17.9 Å². The average Bonchev–Trinajstić information content (AvgIpc) is 3.49. The summed E-state index contributed by atoms with van der Waals surface area (Å²) in [6, 6.07) is 0. The molecule has 0 saturated heterocycles. The van der Waals surface area contributed by atoms with Gasteiger partial charge in [0.1, 0.15) is 13.2 Å². The maximum atomic E-state index is 13.0. The van der Waals surface area contributed by atoms with Crippen LogP contribution in [0.15, 0.2) is 72.9 Å². The number of unbranched alkanes of at least 4 members (excludes halogenated alkanes) is 44. The van der Waals surface area contributed by atoms with Gasteiger partial charge in [0.05, 0.1) is 0 Å². The summed E-state index contributed by atoms with van der Waals surface area (Å²) in [5.74, 6) is -0.867. The third kappa shape index (κ3) is 69.5. The highest BCUT2D eigenvalue weighted by Gasteiger charge is 2.19. The van der Waals surface area contributed by atoms with Gasteiger partial charge in [-0.15, -0.1) is 0 Å². The molecule has 0 spiro atoms. The van der Waals surface area contributed by atoms with Crippen molar-refractivity contribution < 1.29 is 28.6 Å². The van der Waals surface area contributed by atoms with E-state index in [1.165, 1.54) is 257 Å². The Balaban J connectivity index is 4.24. The zero-order valence-corrected chi connectivity index (χ0v) is 55.5. The van der Waals surface area contributed by atoms with Crippen LogP contribution in [0.3, 0.4) is 0 Å². The van der Waals surface area contributed by atoms with E-state index in [4.69, 9.17) is 14.2 Å². The SMILES string of the molecule is CCCCCC/C=C\CCCCCCCC(=O)OCC(COC(=O)CCCCCCCCCCCCCCCC/C=C\C/C=C\C/C=C\CCCCCCC)OC(=O)CCCCCCCCCCCCC/C=C\C/C=C\CCCCCCC. The number of ether oxygens (including phenoxy) is 3. The Kier molecular flexibility index (Phi) is 68.6. The van der Waals surface area contributed by atoms with E-state index in [9.17, 15) is 14.4 Å². The molecular formula is C77H138O6. The first kappa shape index (κ1) is 79.8. The lowest BCUT2D eigenvalue weighted by Gasteiger charge is -2.18. The third-order valence-corrected chi connectivity index (χ3v) is 16.2. The molecule has 0 amide bonds. The van der Waals surface area contributed by atoms with Gasteiger partial charge < -0.3 is 14.2 Å². The van der Waals surface area contributed by atoms with Gasteiger partial charge in [0.25, 0.3) is 0 Å². The summed E-state index contributed by atoms with van der Waals surface area (Å²) in [4.78, 5) is 38.5. The normalized spacial score (nSPS) is 12.5. The van der Waals surface area contributed by atoms with E-state index < -0.39 is 6.10 Å². The molecule has 1 unspecified atom stereocenters. The average molecular weight is 1160 g/mol. The molecule has 0 aliphatic carbocycles. The van der Waals surface area contributed by atoms with Gasteiger partial charge in [0, 0.05) is 19.3 Å². The monoisotopic (exact) mass is 1160 g/mol. The second kappa shape index (κ2) is 71.3. The minimum atomic E-state index is -0.781. The molecule has 0 aromatic carbocycles. The molecule has 0 aromatic heterocycles. The number of rotatable bonds is 67. The van der Waals surface area contributed by atoms with Crippen molar-refractivity contribution in [2.45, 2.75) is 386 Å². The molecule has 0 rings (SSSR count). The molecule has 1 atom stereocenters. The minimum absolute atomic E-state index is 0.0762. The maximum Gasteiger partial charge on any atom is 0.306 e. The van der Waals surface area contributed by atoms with Crippen LogP contribution in [-0.2, 0) is 28.6 Å². The Morgan fingerprint density at radius 3 is 0.699 bits per heavy atom. The van der Waals surface area contributed by atoms with Crippen LogP contribution >= 0.6 is 0 Å². The summed E-state index contributed by atoms with van der Waals surface area (Å²) in [6.45, 7) is 6.65. The number of esters is 3. The predicted molar refractivity (Wildman–Crippen MR) is 362 cm³/mol. The largest absolute Gasteiger partial charge is 0.462 e. The van der Waals surface area contributed by atoms with Crippen molar-refractivity contribution in [2.24, 2.45) is 0 Å². The zero-order valence-electron chi connectivity index (χ0n) is 55.5. The van der Waals surface area contributed by atoms with Crippen molar-refractivity contribution in [3.8, 4) is 0 Å². The second-order valence-corrected chi connectivity index (χ2v) is 24.5. The first-order valence-electron chi connectivity index (χ1n) is 36.4. The smallest absolute Gasteiger partial charge is 0.306 e. The molecule has 0 aliphatic heterocycles. The van der Waals surface area contributed by atoms with Crippen LogP contribution in [-0.4, -0.2) is 37.2 Å². The first-order chi connectivity index (χ1) is 41.0. The summed E-state index contributed by atoms with van der Waals surface area (Å²) in [5.41, 5.74) is 0. The van der Waals surface area contributed by atoms with Gasteiger partial charge in [0.15, 0.2) is 6.10 Å². The maximum absolute atomic E-state index is 13.0. The molecule has 0 saturated carbocycles. The summed E-state index contributed by atoms with van der Waals surface area (Å²) < 4.78 is 17.0. The summed E-state index contributed by atoms with van der Waals surface area (Å²) in [6.07, 6.45) is 93.6. The summed E-state index contributed by atoms with van der Waals surface area (Å²) >= 11 is 0. The quantitative estimate of drug-likeness (QED) is 0.0261. The second-order valence-electron chi connectivity index (χ2n) is 24.5. The highest BCUT2D eigenvalue weighted by Crippen LogP contribution is 2.18. The topological polar surface area (TPSA) is 78.9 Å². The van der Waals surface area contributed by atoms with Crippen molar-refractivity contribution in [2.75, 3.05) is 13.2 Å². The molecule has 0 radical (unpaired) electrons. The van der Waals surface area contributed by atoms with Gasteiger partial charge in [-0.3, -0.25) is 14.4 Å². The molecule has 6 heteroatoms. The van der Waals surface area contributed by atoms with E-state index in [2.05, 4.69) is 93.7 Å². The molecule has 83 heavy (non-hydrogen) atoms. The van der Waals surface area contributed by atoms with Gasteiger partial charge in [-0.2, -0.15) is 0 Å². The third-order valence-electron chi connectivity index (χ3n) is 16.2. The van der Waals surface area contributed by atoms with Crippen LogP contribution in [0.2, 0.25) is 0 Å². The molecule has 0 N–H and O–H groups in total. The van der Waals surface area contributed by atoms with Crippen molar-refractivity contribution in [1.29, 1.82) is 0 Å². The van der Waals surface area contributed by atoms with Crippen LogP contribution < -0.4 is 0 Å². The molecule has 0 heterocycles. The van der Waals surface area contributed by atoms with E-state index in [-0.39, 0.29) is 31.1 Å². The number of allylic oxidation sites excluding steroid dienone is 12. The van der Waals surface area contributed by atoms with Crippen molar-refractivity contribution in [1.82, 2.24) is 0 Å². The summed E-state index contributed by atoms with van der Waals surface area (Å²) in [5, 5.41) is 0. The number of carbonyl (C=O) groups excluding carboxylic acids is 3. The van der Waals surface area contributed by atoms with E-state index >= 15 is 0 Å².